The SMILES string of the molecule is CCC(C)(C)NC(=O)CN1CCC(C)(O)CC1. The first-order chi connectivity index (χ1) is 7.74. The number of hydrogen-bond donors (Lipinski definition) is 2. The molecule has 1 aliphatic heterocycles. The summed E-state index contributed by atoms with van der Waals surface area (Å²) in [5, 5.41) is 12.9. The molecule has 17 heavy (non-hydrogen) atoms. The molecule has 0 aromatic carbocycles. The number of likely N-dealkylation sites (tertiary alicyclic amines) is 1. The molecule has 1 fully saturated rings. The Kier molecular flexibility index (Phi) is 4.55. The quantitative estimate of drug-likeness (QED) is 0.777. The van der Waals surface area contributed by atoms with Crippen molar-refractivity contribution in [1.82, 2.24) is 10.2 Å². The van der Waals surface area contributed by atoms with Crippen LogP contribution in [0.3, 0.4) is 0 Å². The van der Waals surface area contributed by atoms with E-state index < -0.39 is 5.60 Å². The molecular weight excluding hydrogens is 216 g/mol. The van der Waals surface area contributed by atoms with E-state index >= 15 is 0 Å². The van der Waals surface area contributed by atoms with E-state index in [2.05, 4.69) is 17.1 Å². The molecule has 2 N–H and O–H groups in total. The van der Waals surface area contributed by atoms with Gasteiger partial charge < -0.3 is 10.4 Å². The van der Waals surface area contributed by atoms with Crippen molar-refractivity contribution in [2.75, 3.05) is 19.6 Å². The average Bonchev–Trinajstić information content (AvgIpc) is 2.20. The van der Waals surface area contributed by atoms with Crippen LogP contribution in [-0.2, 0) is 4.79 Å². The maximum absolute atomic E-state index is 11.8. The molecule has 0 saturated carbocycles. The lowest BCUT2D eigenvalue weighted by Gasteiger charge is -2.36. The van der Waals surface area contributed by atoms with E-state index in [0.717, 1.165) is 32.4 Å². The normalized spacial score (nSPS) is 21.2. The van der Waals surface area contributed by atoms with E-state index in [1.165, 1.54) is 0 Å². The Morgan fingerprint density at radius 3 is 2.41 bits per heavy atom. The van der Waals surface area contributed by atoms with Crippen molar-refractivity contribution in [1.29, 1.82) is 0 Å². The van der Waals surface area contributed by atoms with Gasteiger partial charge in [-0.2, -0.15) is 0 Å². The summed E-state index contributed by atoms with van der Waals surface area (Å²) in [5.41, 5.74) is -0.673. The number of hydrogen-bond acceptors (Lipinski definition) is 3. The Hall–Kier alpha value is -0.610. The highest BCUT2D eigenvalue weighted by Crippen LogP contribution is 2.20. The Bertz CT molecular complexity index is 265. The molecule has 0 spiro atoms. The monoisotopic (exact) mass is 242 g/mol. The molecule has 100 valence electrons. The molecule has 0 unspecified atom stereocenters. The van der Waals surface area contributed by atoms with Crippen molar-refractivity contribution >= 4 is 5.91 Å². The summed E-state index contributed by atoms with van der Waals surface area (Å²) in [7, 11) is 0. The topological polar surface area (TPSA) is 52.6 Å². The summed E-state index contributed by atoms with van der Waals surface area (Å²) in [4.78, 5) is 13.9. The van der Waals surface area contributed by atoms with Crippen molar-refractivity contribution in [3.63, 3.8) is 0 Å². The number of piperidine rings is 1. The zero-order chi connectivity index (χ0) is 13.1. The zero-order valence-corrected chi connectivity index (χ0v) is 11.5. The molecule has 1 rings (SSSR count). The van der Waals surface area contributed by atoms with Crippen LogP contribution in [0.15, 0.2) is 0 Å². The van der Waals surface area contributed by atoms with Gasteiger partial charge in [0, 0.05) is 18.6 Å². The molecule has 0 aromatic heterocycles. The summed E-state index contributed by atoms with van der Waals surface area (Å²) in [6.07, 6.45) is 2.42. The molecule has 0 aromatic rings. The van der Waals surface area contributed by atoms with Crippen LogP contribution in [0.1, 0.15) is 47.0 Å². The second-order valence-electron chi connectivity index (χ2n) is 6.06. The van der Waals surface area contributed by atoms with Gasteiger partial charge in [-0.05, 0) is 40.0 Å². The predicted octanol–water partition coefficient (Wildman–Crippen LogP) is 1.14. The minimum absolute atomic E-state index is 0.0818. The second kappa shape index (κ2) is 5.36. The Labute approximate surface area is 104 Å². The molecule has 4 nitrogen and oxygen atoms in total. The highest BCUT2D eigenvalue weighted by Gasteiger charge is 2.28. The van der Waals surface area contributed by atoms with E-state index in [1.54, 1.807) is 0 Å². The van der Waals surface area contributed by atoms with E-state index in [0.29, 0.717) is 6.54 Å². The average molecular weight is 242 g/mol. The summed E-state index contributed by atoms with van der Waals surface area (Å²) in [6, 6.07) is 0. The van der Waals surface area contributed by atoms with Crippen LogP contribution in [-0.4, -0.2) is 46.7 Å². The maximum Gasteiger partial charge on any atom is 0.234 e. The lowest BCUT2D eigenvalue weighted by molar-refractivity contribution is -0.125. The van der Waals surface area contributed by atoms with E-state index in [1.807, 2.05) is 20.8 Å². The standard InChI is InChI=1S/C13H26N2O2/c1-5-12(2,3)14-11(16)10-15-8-6-13(4,17)7-9-15/h17H,5-10H2,1-4H3,(H,14,16). The first-order valence-corrected chi connectivity index (χ1v) is 6.50. The van der Waals surface area contributed by atoms with Crippen LogP contribution in [0, 0.1) is 0 Å². The van der Waals surface area contributed by atoms with Gasteiger partial charge in [0.15, 0.2) is 0 Å². The highest BCUT2D eigenvalue weighted by molar-refractivity contribution is 5.78. The minimum atomic E-state index is -0.546. The number of amides is 1. The lowest BCUT2D eigenvalue weighted by Crippen LogP contribution is -2.50. The molecular formula is C13H26N2O2. The van der Waals surface area contributed by atoms with Gasteiger partial charge in [-0.25, -0.2) is 0 Å². The molecule has 0 bridgehead atoms. The van der Waals surface area contributed by atoms with Crippen molar-refractivity contribution < 1.29 is 9.90 Å². The molecule has 1 heterocycles. The summed E-state index contributed by atoms with van der Waals surface area (Å²) >= 11 is 0. The Morgan fingerprint density at radius 1 is 1.41 bits per heavy atom. The number of carbonyl (C=O) groups is 1. The van der Waals surface area contributed by atoms with Crippen LogP contribution in [0.2, 0.25) is 0 Å². The third-order valence-corrected chi connectivity index (χ3v) is 3.66. The van der Waals surface area contributed by atoms with Crippen molar-refractivity contribution in [2.24, 2.45) is 0 Å². The molecule has 1 aliphatic rings. The van der Waals surface area contributed by atoms with E-state index in [-0.39, 0.29) is 11.4 Å². The van der Waals surface area contributed by atoms with Crippen LogP contribution in [0.5, 0.6) is 0 Å². The third kappa shape index (κ3) is 5.04. The zero-order valence-electron chi connectivity index (χ0n) is 11.5. The molecule has 4 heteroatoms. The Balaban J connectivity index is 2.33. The number of aliphatic hydroxyl groups is 1. The summed E-state index contributed by atoms with van der Waals surface area (Å²) < 4.78 is 0. The molecule has 1 amide bonds. The van der Waals surface area contributed by atoms with Gasteiger partial charge >= 0.3 is 0 Å². The van der Waals surface area contributed by atoms with Crippen LogP contribution in [0.25, 0.3) is 0 Å². The smallest absolute Gasteiger partial charge is 0.234 e. The van der Waals surface area contributed by atoms with Crippen LogP contribution >= 0.6 is 0 Å². The van der Waals surface area contributed by atoms with Gasteiger partial charge in [0.1, 0.15) is 0 Å². The molecule has 0 aliphatic carbocycles. The third-order valence-electron chi connectivity index (χ3n) is 3.66. The summed E-state index contributed by atoms with van der Waals surface area (Å²) in [6.45, 7) is 10.0. The van der Waals surface area contributed by atoms with E-state index in [4.69, 9.17) is 0 Å². The number of nitrogens with one attached hydrogen (secondary N) is 1. The second-order valence-corrected chi connectivity index (χ2v) is 6.06. The van der Waals surface area contributed by atoms with Gasteiger partial charge in [-0.3, -0.25) is 9.69 Å². The maximum atomic E-state index is 11.8. The Morgan fingerprint density at radius 2 is 1.94 bits per heavy atom. The molecule has 0 atom stereocenters. The van der Waals surface area contributed by atoms with Gasteiger partial charge in [0.25, 0.3) is 0 Å². The van der Waals surface area contributed by atoms with Gasteiger partial charge in [0.2, 0.25) is 5.91 Å². The van der Waals surface area contributed by atoms with Gasteiger partial charge in [-0.15, -0.1) is 0 Å². The number of nitrogens with zero attached hydrogens (tertiary/aromatic N) is 1. The number of rotatable bonds is 4. The fourth-order valence-electron chi connectivity index (χ4n) is 1.90. The molecule has 1 saturated heterocycles. The first-order valence-electron chi connectivity index (χ1n) is 6.50. The van der Waals surface area contributed by atoms with Crippen LogP contribution < -0.4 is 5.32 Å². The van der Waals surface area contributed by atoms with Crippen molar-refractivity contribution in [3.05, 3.63) is 0 Å². The van der Waals surface area contributed by atoms with Gasteiger partial charge in [-0.1, -0.05) is 6.92 Å². The highest BCUT2D eigenvalue weighted by atomic mass is 16.3. The lowest BCUT2D eigenvalue weighted by atomic mass is 9.94. The van der Waals surface area contributed by atoms with E-state index in [9.17, 15) is 9.90 Å². The minimum Gasteiger partial charge on any atom is -0.390 e. The molecule has 0 radical (unpaired) electrons. The summed E-state index contributed by atoms with van der Waals surface area (Å²) in [5.74, 6) is 0.0818. The van der Waals surface area contributed by atoms with Gasteiger partial charge in [0.05, 0.1) is 12.1 Å². The van der Waals surface area contributed by atoms with Crippen molar-refractivity contribution in [3.8, 4) is 0 Å². The largest absolute Gasteiger partial charge is 0.390 e. The van der Waals surface area contributed by atoms with Crippen molar-refractivity contribution in [2.45, 2.75) is 58.1 Å². The fourth-order valence-corrected chi connectivity index (χ4v) is 1.90. The predicted molar refractivity (Wildman–Crippen MR) is 68.8 cm³/mol. The van der Waals surface area contributed by atoms with Crippen LogP contribution in [0.4, 0.5) is 0 Å². The first kappa shape index (κ1) is 14.5. The fraction of sp³-hybridized carbons (Fsp3) is 0.923. The number of carbonyl (C=O) groups excluding carboxylic acids is 1.